The van der Waals surface area contributed by atoms with Crippen LogP contribution in [0.2, 0.25) is 13.1 Å². The van der Waals surface area contributed by atoms with Gasteiger partial charge in [0.25, 0.3) is 0 Å². The molecule has 0 unspecified atom stereocenters. The van der Waals surface area contributed by atoms with Crippen molar-refractivity contribution in [2.45, 2.75) is 22.9 Å². The Morgan fingerprint density at radius 1 is 0.514 bits per heavy atom. The number of hydrogen-bond acceptors (Lipinski definition) is 3. The van der Waals surface area contributed by atoms with Crippen LogP contribution in [0.15, 0.2) is 137 Å². The Hall–Kier alpha value is -3.93. The molecule has 6 rings (SSSR count). The minimum absolute atomic E-state index is 0.461. The molecule has 0 aromatic heterocycles. The first kappa shape index (κ1) is 23.5. The maximum atomic E-state index is 13.4. The summed E-state index contributed by atoms with van der Waals surface area (Å²) in [4.78, 5) is 3.16. The van der Waals surface area contributed by atoms with Crippen LogP contribution in [0.4, 0.5) is 17.1 Å². The zero-order valence-electron chi connectivity index (χ0n) is 20.8. The first-order chi connectivity index (χ1) is 17.9. The largest absolute Gasteiger partial charge is 0.311 e. The summed E-state index contributed by atoms with van der Waals surface area (Å²) in [5.74, 6) is 0. The van der Waals surface area contributed by atoms with E-state index in [1.165, 1.54) is 0 Å². The summed E-state index contributed by atoms with van der Waals surface area (Å²) >= 11 is 0. The Labute approximate surface area is 219 Å². The summed E-state index contributed by atoms with van der Waals surface area (Å²) in [6.07, 6.45) is 0. The molecule has 5 aromatic rings. The van der Waals surface area contributed by atoms with E-state index in [-0.39, 0.29) is 0 Å². The van der Waals surface area contributed by atoms with Gasteiger partial charge in [-0.05, 0) is 70.0 Å². The van der Waals surface area contributed by atoms with Gasteiger partial charge >= 0.3 is 0 Å². The van der Waals surface area contributed by atoms with Crippen molar-refractivity contribution in [2.24, 2.45) is 0 Å². The van der Waals surface area contributed by atoms with Crippen molar-refractivity contribution in [3.63, 3.8) is 0 Å². The van der Waals surface area contributed by atoms with Gasteiger partial charge in [0.2, 0.25) is 9.84 Å². The van der Waals surface area contributed by atoms with Crippen LogP contribution in [-0.4, -0.2) is 16.5 Å². The summed E-state index contributed by atoms with van der Waals surface area (Å²) in [5.41, 5.74) is 5.34. The van der Waals surface area contributed by atoms with E-state index in [9.17, 15) is 8.42 Å². The number of nitrogens with zero attached hydrogens (tertiary/aromatic N) is 1. The number of sulfone groups is 1. The van der Waals surface area contributed by atoms with Crippen LogP contribution < -0.4 is 15.3 Å². The first-order valence-corrected chi connectivity index (χ1v) is 16.9. The number of para-hydroxylation sites is 2. The van der Waals surface area contributed by atoms with E-state index in [1.54, 1.807) is 12.1 Å². The molecule has 0 amide bonds. The SMILES string of the molecule is C[Si]1(C)c2ccccc2S(=O)(=O)c2ccc(-c3ccc(N(c4ccccc4)c4ccccc4)cc3)cc21. The van der Waals surface area contributed by atoms with Crippen LogP contribution >= 0.6 is 0 Å². The quantitative estimate of drug-likeness (QED) is 0.246. The molecule has 0 spiro atoms. The minimum Gasteiger partial charge on any atom is -0.311 e. The lowest BCUT2D eigenvalue weighted by Gasteiger charge is -2.33. The second-order valence-corrected chi connectivity index (χ2v) is 16.1. The molecule has 0 aliphatic carbocycles. The maximum Gasteiger partial charge on any atom is 0.206 e. The molecule has 0 saturated heterocycles. The number of benzene rings is 5. The molecule has 0 saturated carbocycles. The summed E-state index contributed by atoms with van der Waals surface area (Å²) in [5, 5.41) is 1.96. The van der Waals surface area contributed by atoms with Crippen LogP contribution in [0.3, 0.4) is 0 Å². The molecule has 1 aliphatic heterocycles. The van der Waals surface area contributed by atoms with Crippen molar-refractivity contribution in [1.29, 1.82) is 0 Å². The van der Waals surface area contributed by atoms with Gasteiger partial charge in [-0.2, -0.15) is 0 Å². The van der Waals surface area contributed by atoms with E-state index in [4.69, 9.17) is 0 Å². The summed E-state index contributed by atoms with van der Waals surface area (Å²) < 4.78 is 26.9. The lowest BCUT2D eigenvalue weighted by molar-refractivity contribution is 0.596. The van der Waals surface area contributed by atoms with Gasteiger partial charge < -0.3 is 4.90 Å². The lowest BCUT2D eigenvalue weighted by Crippen LogP contribution is -2.59. The van der Waals surface area contributed by atoms with Crippen LogP contribution in [0.25, 0.3) is 11.1 Å². The average Bonchev–Trinajstić information content (AvgIpc) is 2.94. The molecule has 0 bridgehead atoms. The van der Waals surface area contributed by atoms with Crippen molar-refractivity contribution in [2.75, 3.05) is 4.90 Å². The van der Waals surface area contributed by atoms with Crippen molar-refractivity contribution in [3.05, 3.63) is 127 Å². The zero-order valence-corrected chi connectivity index (χ0v) is 22.6. The molecule has 0 atom stereocenters. The van der Waals surface area contributed by atoms with Gasteiger partial charge in [0.15, 0.2) is 0 Å². The molecule has 1 aliphatic rings. The predicted octanol–water partition coefficient (Wildman–Crippen LogP) is 6.79. The van der Waals surface area contributed by atoms with Crippen molar-refractivity contribution < 1.29 is 8.42 Å². The summed E-state index contributed by atoms with van der Waals surface area (Å²) in [6, 6.07) is 42.5. The van der Waals surface area contributed by atoms with Crippen LogP contribution in [-0.2, 0) is 9.84 Å². The van der Waals surface area contributed by atoms with Crippen LogP contribution in [0.1, 0.15) is 0 Å². The molecule has 5 aromatic carbocycles. The zero-order chi connectivity index (χ0) is 25.6. The smallest absolute Gasteiger partial charge is 0.206 e. The fourth-order valence-corrected chi connectivity index (χ4v) is 11.8. The topological polar surface area (TPSA) is 37.4 Å². The molecule has 182 valence electrons. The van der Waals surface area contributed by atoms with Crippen molar-refractivity contribution >= 4 is 45.3 Å². The Kier molecular flexibility index (Phi) is 5.63. The molecule has 3 nitrogen and oxygen atoms in total. The van der Waals surface area contributed by atoms with Crippen LogP contribution in [0.5, 0.6) is 0 Å². The predicted molar refractivity (Wildman–Crippen MR) is 155 cm³/mol. The van der Waals surface area contributed by atoms with E-state index >= 15 is 0 Å². The molecule has 0 N–H and O–H groups in total. The van der Waals surface area contributed by atoms with Crippen molar-refractivity contribution in [3.8, 4) is 11.1 Å². The number of rotatable bonds is 4. The molecule has 0 fully saturated rings. The molecular formula is C32H27NO2SSi. The van der Waals surface area contributed by atoms with E-state index in [0.717, 1.165) is 38.6 Å². The number of fused-ring (bicyclic) bond motifs is 2. The average molecular weight is 518 g/mol. The minimum atomic E-state index is -3.52. The van der Waals surface area contributed by atoms with E-state index in [1.807, 2.05) is 60.7 Å². The summed E-state index contributed by atoms with van der Waals surface area (Å²) in [7, 11) is -5.71. The molecule has 1 heterocycles. The Morgan fingerprint density at radius 2 is 1.00 bits per heavy atom. The highest BCUT2D eigenvalue weighted by molar-refractivity contribution is 7.92. The fraction of sp³-hybridized carbons (Fsp3) is 0.0625. The maximum absolute atomic E-state index is 13.4. The van der Waals surface area contributed by atoms with Gasteiger partial charge in [0, 0.05) is 17.1 Å². The van der Waals surface area contributed by atoms with Gasteiger partial charge in [-0.1, -0.05) is 92.0 Å². The van der Waals surface area contributed by atoms with Gasteiger partial charge in [-0.15, -0.1) is 0 Å². The third-order valence-electron chi connectivity index (χ3n) is 7.28. The second kappa shape index (κ2) is 8.87. The molecule has 0 radical (unpaired) electrons. The lowest BCUT2D eigenvalue weighted by atomic mass is 10.0. The first-order valence-electron chi connectivity index (χ1n) is 12.4. The van der Waals surface area contributed by atoms with Gasteiger partial charge in [-0.3, -0.25) is 0 Å². The fourth-order valence-electron chi connectivity index (χ4n) is 5.32. The Morgan fingerprint density at radius 3 is 1.62 bits per heavy atom. The Bertz CT molecular complexity index is 1660. The van der Waals surface area contributed by atoms with Crippen LogP contribution in [0, 0.1) is 0 Å². The van der Waals surface area contributed by atoms with Crippen molar-refractivity contribution in [1.82, 2.24) is 0 Å². The third-order valence-corrected chi connectivity index (χ3v) is 13.1. The highest BCUT2D eigenvalue weighted by Crippen LogP contribution is 2.36. The van der Waals surface area contributed by atoms with E-state index in [2.05, 4.69) is 72.6 Å². The van der Waals surface area contributed by atoms with Gasteiger partial charge in [-0.25, -0.2) is 8.42 Å². The monoisotopic (exact) mass is 517 g/mol. The third kappa shape index (κ3) is 3.91. The molecule has 37 heavy (non-hydrogen) atoms. The molecule has 5 heteroatoms. The standard InChI is InChI=1S/C32H27NO2SSi/c1-37(2)31-16-10-9-15-29(31)36(34,35)30-22-19-25(23-32(30)37)24-17-20-28(21-18-24)33(26-11-5-3-6-12-26)27-13-7-4-8-14-27/h3-23H,1-2H3. The second-order valence-electron chi connectivity index (χ2n) is 9.89. The number of anilines is 3. The van der Waals surface area contributed by atoms with E-state index < -0.39 is 17.9 Å². The normalized spacial score (nSPS) is 14.9. The highest BCUT2D eigenvalue weighted by Gasteiger charge is 2.41. The van der Waals surface area contributed by atoms with E-state index in [0.29, 0.717) is 9.79 Å². The Balaban J connectivity index is 1.42. The summed E-state index contributed by atoms with van der Waals surface area (Å²) in [6.45, 7) is 4.48. The molecular weight excluding hydrogens is 491 g/mol. The van der Waals surface area contributed by atoms with Gasteiger partial charge in [0.1, 0.15) is 8.07 Å². The highest BCUT2D eigenvalue weighted by atomic mass is 32.2. The number of hydrogen-bond donors (Lipinski definition) is 0. The van der Waals surface area contributed by atoms with Gasteiger partial charge in [0.05, 0.1) is 9.79 Å².